The van der Waals surface area contributed by atoms with Crippen LogP contribution in [0, 0.1) is 25.2 Å². The molecule has 0 aliphatic carbocycles. The van der Waals surface area contributed by atoms with Crippen LogP contribution in [-0.4, -0.2) is 5.97 Å². The molecule has 0 aliphatic rings. The molecule has 0 unspecified atom stereocenters. The molecule has 0 saturated carbocycles. The topological polar surface area (TPSA) is 80.3 Å². The minimum Gasteiger partial charge on any atom is -0.458 e. The van der Waals surface area contributed by atoms with Crippen LogP contribution >= 0.6 is 0 Å². The van der Waals surface area contributed by atoms with Gasteiger partial charge in [0.15, 0.2) is 0 Å². The second-order valence-corrected chi connectivity index (χ2v) is 6.20. The van der Waals surface area contributed by atoms with Gasteiger partial charge in [0, 0.05) is 23.1 Å². The van der Waals surface area contributed by atoms with Gasteiger partial charge in [0.1, 0.15) is 12.2 Å². The second kappa shape index (κ2) is 7.71. The highest BCUT2D eigenvalue weighted by atomic mass is 16.5. The fourth-order valence-electron chi connectivity index (χ4n) is 2.63. The molecule has 0 aliphatic heterocycles. The van der Waals surface area contributed by atoms with Gasteiger partial charge in [0.25, 0.3) is 0 Å². The van der Waals surface area contributed by atoms with Crippen molar-refractivity contribution in [1.29, 1.82) is 5.26 Å². The Balaban J connectivity index is 1.75. The number of ether oxygens (including phenoxy) is 1. The molecule has 2 aromatic carbocycles. The van der Waals surface area contributed by atoms with Crippen LogP contribution in [-0.2, 0) is 16.1 Å². The van der Waals surface area contributed by atoms with Gasteiger partial charge in [-0.25, -0.2) is 9.59 Å². The Morgan fingerprint density at radius 2 is 1.85 bits per heavy atom. The van der Waals surface area contributed by atoms with Crippen molar-refractivity contribution >= 4 is 23.0 Å². The van der Waals surface area contributed by atoms with Crippen LogP contribution in [0.2, 0.25) is 0 Å². The summed E-state index contributed by atoms with van der Waals surface area (Å²) in [4.78, 5) is 23.8. The van der Waals surface area contributed by atoms with Crippen molar-refractivity contribution in [2.24, 2.45) is 0 Å². The highest BCUT2D eigenvalue weighted by Crippen LogP contribution is 2.22. The van der Waals surface area contributed by atoms with Gasteiger partial charge in [-0.05, 0) is 60.9 Å². The molecule has 0 radical (unpaired) electrons. The van der Waals surface area contributed by atoms with Crippen LogP contribution in [0.4, 0.5) is 0 Å². The van der Waals surface area contributed by atoms with Crippen molar-refractivity contribution in [2.45, 2.75) is 20.5 Å². The molecule has 0 bridgehead atoms. The number of esters is 1. The predicted molar refractivity (Wildman–Crippen MR) is 102 cm³/mol. The number of carbonyl (C=O) groups excluding carboxylic acids is 1. The van der Waals surface area contributed by atoms with E-state index in [0.717, 1.165) is 22.1 Å². The van der Waals surface area contributed by atoms with Crippen LogP contribution in [0.15, 0.2) is 57.8 Å². The van der Waals surface area contributed by atoms with Crippen molar-refractivity contribution in [3.63, 3.8) is 0 Å². The van der Waals surface area contributed by atoms with E-state index >= 15 is 0 Å². The van der Waals surface area contributed by atoms with Crippen LogP contribution < -0.4 is 5.63 Å². The maximum absolute atomic E-state index is 12.0. The van der Waals surface area contributed by atoms with Gasteiger partial charge >= 0.3 is 11.6 Å². The van der Waals surface area contributed by atoms with E-state index < -0.39 is 11.6 Å². The lowest BCUT2D eigenvalue weighted by molar-refractivity contribution is -0.138. The number of carbonyl (C=O) groups is 1. The molecule has 5 heteroatoms. The molecular formula is C22H17NO4. The van der Waals surface area contributed by atoms with E-state index in [0.29, 0.717) is 16.7 Å². The third-order valence-corrected chi connectivity index (χ3v) is 4.27. The van der Waals surface area contributed by atoms with Gasteiger partial charge in [0.05, 0.1) is 11.6 Å². The average Bonchev–Trinajstić information content (AvgIpc) is 2.66. The number of hydrogen-bond donors (Lipinski definition) is 0. The Hall–Kier alpha value is -3.65. The molecule has 5 nitrogen and oxygen atoms in total. The molecular weight excluding hydrogens is 342 g/mol. The minimum absolute atomic E-state index is 0.0266. The van der Waals surface area contributed by atoms with Gasteiger partial charge in [-0.1, -0.05) is 12.1 Å². The summed E-state index contributed by atoms with van der Waals surface area (Å²) in [6.07, 6.45) is 2.92. The van der Waals surface area contributed by atoms with Gasteiger partial charge in [-0.2, -0.15) is 5.26 Å². The number of benzene rings is 2. The summed E-state index contributed by atoms with van der Waals surface area (Å²) in [5, 5.41) is 9.53. The maximum atomic E-state index is 12.0. The first kappa shape index (κ1) is 18.2. The lowest BCUT2D eigenvalue weighted by atomic mass is 10.0. The number of hydrogen-bond acceptors (Lipinski definition) is 5. The zero-order chi connectivity index (χ0) is 19.4. The van der Waals surface area contributed by atoms with E-state index in [1.807, 2.05) is 32.0 Å². The van der Waals surface area contributed by atoms with Crippen LogP contribution in [0.25, 0.3) is 17.0 Å². The molecule has 27 heavy (non-hydrogen) atoms. The monoisotopic (exact) mass is 359 g/mol. The summed E-state index contributed by atoms with van der Waals surface area (Å²) in [5.41, 5.74) is 4.01. The highest BCUT2D eigenvalue weighted by molar-refractivity contribution is 5.87. The molecule has 3 rings (SSSR count). The van der Waals surface area contributed by atoms with E-state index in [2.05, 4.69) is 0 Å². The van der Waals surface area contributed by atoms with Crippen LogP contribution in [0.5, 0.6) is 0 Å². The molecule has 0 amide bonds. The van der Waals surface area contributed by atoms with Gasteiger partial charge in [0.2, 0.25) is 0 Å². The van der Waals surface area contributed by atoms with Gasteiger partial charge in [-0.15, -0.1) is 0 Å². The van der Waals surface area contributed by atoms with E-state index in [1.54, 1.807) is 30.3 Å². The third-order valence-electron chi connectivity index (χ3n) is 4.27. The van der Waals surface area contributed by atoms with Crippen molar-refractivity contribution in [1.82, 2.24) is 0 Å². The van der Waals surface area contributed by atoms with Gasteiger partial charge < -0.3 is 9.15 Å². The Morgan fingerprint density at radius 1 is 1.15 bits per heavy atom. The Kier molecular flexibility index (Phi) is 5.18. The van der Waals surface area contributed by atoms with Crippen LogP contribution in [0.3, 0.4) is 0 Å². The maximum Gasteiger partial charge on any atom is 0.336 e. The lowest BCUT2D eigenvalue weighted by Crippen LogP contribution is -2.06. The zero-order valence-corrected chi connectivity index (χ0v) is 15.0. The smallest absolute Gasteiger partial charge is 0.336 e. The highest BCUT2D eigenvalue weighted by Gasteiger charge is 2.09. The standard InChI is InChI=1S/C22H17NO4/c1-14-9-19-18(11-22(25)27-20(19)10-15(14)2)13-26-21(24)8-7-16-3-5-17(12-23)6-4-16/h3-11H,13H2,1-2H3/b8-7+. The second-order valence-electron chi connectivity index (χ2n) is 6.20. The molecule has 0 spiro atoms. The summed E-state index contributed by atoms with van der Waals surface area (Å²) < 4.78 is 10.5. The summed E-state index contributed by atoms with van der Waals surface area (Å²) in [6, 6.07) is 13.9. The number of nitrogens with zero attached hydrogens (tertiary/aromatic N) is 1. The van der Waals surface area contributed by atoms with Crippen molar-refractivity contribution in [3.05, 3.63) is 86.8 Å². The third kappa shape index (κ3) is 4.31. The predicted octanol–water partition coefficient (Wildman–Crippen LogP) is 4.04. The molecule has 134 valence electrons. The van der Waals surface area contributed by atoms with E-state index in [1.165, 1.54) is 12.1 Å². The van der Waals surface area contributed by atoms with Crippen molar-refractivity contribution < 1.29 is 13.9 Å². The summed E-state index contributed by atoms with van der Waals surface area (Å²) in [7, 11) is 0. The molecule has 0 atom stereocenters. The fraction of sp³-hybridized carbons (Fsp3) is 0.136. The summed E-state index contributed by atoms with van der Waals surface area (Å²) >= 11 is 0. The Labute approximate surface area is 156 Å². The number of fused-ring (bicyclic) bond motifs is 1. The zero-order valence-electron chi connectivity index (χ0n) is 15.0. The summed E-state index contributed by atoms with van der Waals surface area (Å²) in [6.45, 7) is 3.88. The van der Waals surface area contributed by atoms with Gasteiger partial charge in [-0.3, -0.25) is 0 Å². The summed E-state index contributed by atoms with van der Waals surface area (Å²) in [5.74, 6) is -0.524. The minimum atomic E-state index is -0.524. The Morgan fingerprint density at radius 3 is 2.56 bits per heavy atom. The first-order valence-electron chi connectivity index (χ1n) is 8.35. The van der Waals surface area contributed by atoms with E-state index in [4.69, 9.17) is 14.4 Å². The molecule has 3 aromatic rings. The van der Waals surface area contributed by atoms with Crippen LogP contribution in [0.1, 0.15) is 27.8 Å². The SMILES string of the molecule is Cc1cc2oc(=O)cc(COC(=O)/C=C/c3ccc(C#N)cc3)c2cc1C. The Bertz CT molecular complexity index is 1130. The average molecular weight is 359 g/mol. The molecule has 1 aromatic heterocycles. The largest absolute Gasteiger partial charge is 0.458 e. The first-order chi connectivity index (χ1) is 13.0. The first-order valence-corrected chi connectivity index (χ1v) is 8.35. The molecule has 0 fully saturated rings. The molecule has 1 heterocycles. The quantitative estimate of drug-likeness (QED) is 0.399. The van der Waals surface area contributed by atoms with E-state index in [-0.39, 0.29) is 6.61 Å². The van der Waals surface area contributed by atoms with E-state index in [9.17, 15) is 9.59 Å². The normalized spacial score (nSPS) is 10.9. The molecule has 0 N–H and O–H groups in total. The fourth-order valence-corrected chi connectivity index (χ4v) is 2.63. The van der Waals surface area contributed by atoms with Crippen molar-refractivity contribution in [3.8, 4) is 6.07 Å². The number of nitriles is 1. The number of rotatable bonds is 4. The van der Waals surface area contributed by atoms with Crippen molar-refractivity contribution in [2.75, 3.05) is 0 Å². The lowest BCUT2D eigenvalue weighted by Gasteiger charge is -2.08. The molecule has 0 saturated heterocycles. The number of aryl methyl sites for hydroxylation is 2.